The highest BCUT2D eigenvalue weighted by atomic mass is 79.9. The van der Waals surface area contributed by atoms with Gasteiger partial charge in [-0.1, -0.05) is 39.7 Å². The van der Waals surface area contributed by atoms with E-state index in [9.17, 15) is 9.59 Å². The number of carbonyl (C=O) groups is 2. The fraction of sp³-hybridized carbons (Fsp3) is 0.238. The van der Waals surface area contributed by atoms with E-state index in [0.717, 1.165) is 72.8 Å². The highest BCUT2D eigenvalue weighted by Gasteiger charge is 2.29. The Morgan fingerprint density at radius 2 is 1.18 bits per heavy atom. The second kappa shape index (κ2) is 16.9. The Balaban J connectivity index is 0.000000172. The lowest BCUT2D eigenvalue weighted by Crippen LogP contribution is -2.09. The third-order valence-corrected chi connectivity index (χ3v) is 10.1. The summed E-state index contributed by atoms with van der Waals surface area (Å²) in [5.41, 5.74) is 8.61. The maximum atomic E-state index is 11.8. The molecular formula is C42H38BrClN8O4. The number of benzene rings is 2. The van der Waals surface area contributed by atoms with E-state index < -0.39 is 0 Å². The largest absolute Gasteiger partial charge is 0.469 e. The smallest absolute Gasteiger partial charge is 0.305 e. The first-order valence-corrected chi connectivity index (χ1v) is 19.1. The molecule has 4 aromatic heterocycles. The molecule has 56 heavy (non-hydrogen) atoms. The number of nitrogens with zero attached hydrogens (tertiary/aromatic N) is 8. The number of rotatable bonds is 8. The zero-order valence-electron chi connectivity index (χ0n) is 31.2. The van der Waals surface area contributed by atoms with Gasteiger partial charge in [-0.3, -0.25) is 29.5 Å². The maximum Gasteiger partial charge on any atom is 0.305 e. The lowest BCUT2D eigenvalue weighted by atomic mass is 10.0. The van der Waals surface area contributed by atoms with E-state index in [-0.39, 0.29) is 36.9 Å². The van der Waals surface area contributed by atoms with Crippen LogP contribution in [-0.2, 0) is 19.1 Å². The lowest BCUT2D eigenvalue weighted by molar-refractivity contribution is -0.141. The Morgan fingerprint density at radius 1 is 0.696 bits per heavy atom. The van der Waals surface area contributed by atoms with E-state index in [1.807, 2.05) is 104 Å². The van der Waals surface area contributed by atoms with Gasteiger partial charge in [0.2, 0.25) is 0 Å². The molecule has 14 heteroatoms. The predicted molar refractivity (Wildman–Crippen MR) is 217 cm³/mol. The molecule has 0 aliphatic carbocycles. The minimum absolute atomic E-state index is 0.253. The average Bonchev–Trinajstić information content (AvgIpc) is 3.73. The van der Waals surface area contributed by atoms with Crippen molar-refractivity contribution in [3.05, 3.63) is 153 Å². The van der Waals surface area contributed by atoms with E-state index in [1.165, 1.54) is 14.2 Å². The summed E-state index contributed by atoms with van der Waals surface area (Å²) in [6.45, 7) is 3.90. The molecule has 2 aliphatic heterocycles. The summed E-state index contributed by atoms with van der Waals surface area (Å²) >= 11 is 9.89. The molecule has 6 aromatic rings. The molecule has 284 valence electrons. The topological polar surface area (TPSA) is 139 Å². The van der Waals surface area contributed by atoms with Gasteiger partial charge in [0.15, 0.2) is 0 Å². The Morgan fingerprint density at radius 3 is 1.64 bits per heavy atom. The minimum Gasteiger partial charge on any atom is -0.469 e. The Kier molecular flexibility index (Phi) is 11.6. The van der Waals surface area contributed by atoms with Crippen LogP contribution in [0.4, 0.5) is 0 Å². The number of esters is 2. The van der Waals surface area contributed by atoms with Crippen LogP contribution in [-0.4, -0.2) is 66.7 Å². The predicted octanol–water partition coefficient (Wildman–Crippen LogP) is 8.26. The third-order valence-electron chi connectivity index (χ3n) is 9.33. The molecule has 0 spiro atoms. The molecule has 8 rings (SSSR count). The summed E-state index contributed by atoms with van der Waals surface area (Å²) in [7, 11) is 2.79. The number of aryl methyl sites for hydroxylation is 2. The molecule has 2 atom stereocenters. The van der Waals surface area contributed by atoms with E-state index in [2.05, 4.69) is 30.5 Å². The number of ether oxygens (including phenoxy) is 2. The maximum absolute atomic E-state index is 11.8. The summed E-state index contributed by atoms with van der Waals surface area (Å²) in [6, 6.07) is 22.7. The van der Waals surface area contributed by atoms with Gasteiger partial charge in [0.05, 0.1) is 59.8 Å². The molecular weight excluding hydrogens is 796 g/mol. The summed E-state index contributed by atoms with van der Waals surface area (Å²) in [6.07, 6.45) is 8.99. The molecule has 2 aliphatic rings. The Bertz CT molecular complexity index is 2290. The van der Waals surface area contributed by atoms with Crippen molar-refractivity contribution in [2.24, 2.45) is 9.98 Å². The van der Waals surface area contributed by atoms with Crippen molar-refractivity contribution in [2.45, 2.75) is 51.6 Å². The lowest BCUT2D eigenvalue weighted by Gasteiger charge is -2.12. The summed E-state index contributed by atoms with van der Waals surface area (Å²) < 4.78 is 14.7. The van der Waals surface area contributed by atoms with Crippen molar-refractivity contribution in [2.75, 3.05) is 14.2 Å². The van der Waals surface area contributed by atoms with Crippen molar-refractivity contribution in [3.8, 4) is 11.4 Å². The van der Waals surface area contributed by atoms with Crippen LogP contribution in [0.3, 0.4) is 0 Å². The number of methoxy groups -OCH3 is 2. The monoisotopic (exact) mass is 832 g/mol. The van der Waals surface area contributed by atoms with Crippen molar-refractivity contribution in [1.82, 2.24) is 29.1 Å². The molecule has 0 fully saturated rings. The van der Waals surface area contributed by atoms with Crippen molar-refractivity contribution in [3.63, 3.8) is 0 Å². The van der Waals surface area contributed by atoms with Crippen LogP contribution in [0, 0.1) is 13.8 Å². The van der Waals surface area contributed by atoms with Gasteiger partial charge in [-0.25, -0.2) is 9.97 Å². The van der Waals surface area contributed by atoms with Gasteiger partial charge in [-0.05, 0) is 87.4 Å². The normalized spacial score (nSPS) is 15.2. The first-order chi connectivity index (χ1) is 27.1. The molecule has 0 bridgehead atoms. The molecule has 0 saturated heterocycles. The zero-order chi connectivity index (χ0) is 39.3. The molecule has 0 amide bonds. The molecule has 0 saturated carbocycles. The van der Waals surface area contributed by atoms with Gasteiger partial charge in [0.25, 0.3) is 0 Å². The molecule has 0 radical (unpaired) electrons. The summed E-state index contributed by atoms with van der Waals surface area (Å²) in [4.78, 5) is 51.9. The van der Waals surface area contributed by atoms with Gasteiger partial charge in [-0.15, -0.1) is 0 Å². The van der Waals surface area contributed by atoms with Crippen LogP contribution in [0.5, 0.6) is 0 Å². The minimum atomic E-state index is -0.309. The summed E-state index contributed by atoms with van der Waals surface area (Å²) in [5, 5.41) is 0.619. The standard InChI is InChI=1S/C21H19BrN4O2.C21H19ClN4O2/c2*1-13-12-26-18-8-6-14(22)11-15(18)20(16-5-3-4-10-23-16)25-17(21(26)24-13)7-9-19(27)28-2/h2*3-6,8,10-12,17H,7,9H2,1-2H3/t2*17-/m00/s1. The quantitative estimate of drug-likeness (QED) is 0.140. The van der Waals surface area contributed by atoms with Crippen LogP contribution >= 0.6 is 27.5 Å². The van der Waals surface area contributed by atoms with Crippen LogP contribution in [0.15, 0.2) is 112 Å². The van der Waals surface area contributed by atoms with Gasteiger partial charge in [-0.2, -0.15) is 0 Å². The number of aromatic nitrogens is 6. The number of carbonyl (C=O) groups excluding carboxylic acids is 2. The number of halogens is 2. The van der Waals surface area contributed by atoms with Crippen molar-refractivity contribution in [1.29, 1.82) is 0 Å². The molecule has 12 nitrogen and oxygen atoms in total. The molecule has 2 aromatic carbocycles. The second-order valence-corrected chi connectivity index (χ2v) is 14.5. The van der Waals surface area contributed by atoms with Gasteiger partial charge >= 0.3 is 11.9 Å². The zero-order valence-corrected chi connectivity index (χ0v) is 33.5. The third kappa shape index (κ3) is 8.24. The Labute approximate surface area is 337 Å². The molecule has 6 heterocycles. The van der Waals surface area contributed by atoms with Crippen molar-refractivity contribution >= 4 is 50.9 Å². The second-order valence-electron chi connectivity index (χ2n) is 13.2. The molecule has 0 N–H and O–H groups in total. The SMILES string of the molecule is COC(=O)CC[C@@H]1N=C(c2ccccn2)c2cc(Br)ccc2-n2cc(C)nc21.COC(=O)CC[C@@H]1N=C(c2ccccn2)c2cc(Cl)ccc2-n2cc(C)nc21. The number of fused-ring (bicyclic) bond motifs is 6. The van der Waals surface area contributed by atoms with Gasteiger partial charge in [0, 0.05) is 58.3 Å². The highest BCUT2D eigenvalue weighted by molar-refractivity contribution is 9.10. The number of pyridine rings is 2. The molecule has 0 unspecified atom stereocenters. The summed E-state index contributed by atoms with van der Waals surface area (Å²) in [5.74, 6) is 1.08. The van der Waals surface area contributed by atoms with E-state index in [4.69, 9.17) is 41.0 Å². The average molecular weight is 834 g/mol. The van der Waals surface area contributed by atoms with E-state index in [1.54, 1.807) is 12.4 Å². The number of hydrogen-bond donors (Lipinski definition) is 0. The first kappa shape index (κ1) is 38.5. The number of imidazole rings is 2. The number of hydrogen-bond acceptors (Lipinski definition) is 10. The van der Waals surface area contributed by atoms with E-state index in [0.29, 0.717) is 17.9 Å². The van der Waals surface area contributed by atoms with Crippen LogP contribution in [0.2, 0.25) is 5.02 Å². The van der Waals surface area contributed by atoms with Crippen LogP contribution in [0.1, 0.15) is 83.3 Å². The van der Waals surface area contributed by atoms with Crippen LogP contribution < -0.4 is 0 Å². The van der Waals surface area contributed by atoms with E-state index >= 15 is 0 Å². The van der Waals surface area contributed by atoms with Crippen LogP contribution in [0.25, 0.3) is 11.4 Å². The fourth-order valence-electron chi connectivity index (χ4n) is 6.79. The number of aliphatic imine (C=N–C) groups is 2. The van der Waals surface area contributed by atoms with Crippen molar-refractivity contribution < 1.29 is 19.1 Å². The fourth-order valence-corrected chi connectivity index (χ4v) is 7.32. The highest BCUT2D eigenvalue weighted by Crippen LogP contribution is 2.36. The Hall–Kier alpha value is -5.79. The first-order valence-electron chi connectivity index (χ1n) is 18.0. The van der Waals surface area contributed by atoms with Gasteiger partial charge in [0.1, 0.15) is 23.7 Å². The van der Waals surface area contributed by atoms with Gasteiger partial charge < -0.3 is 18.6 Å².